The maximum atomic E-state index is 12.3. The summed E-state index contributed by atoms with van der Waals surface area (Å²) in [7, 11) is -5.58. The third-order valence-electron chi connectivity index (χ3n) is 2.60. The normalized spacial score (nSPS) is 16.6. The zero-order valence-corrected chi connectivity index (χ0v) is 11.8. The van der Waals surface area contributed by atoms with Gasteiger partial charge in [-0.25, -0.2) is 0 Å². The largest absolute Gasteiger partial charge is 0.534 e. The van der Waals surface area contributed by atoms with E-state index in [9.17, 15) is 21.6 Å². The molecule has 110 valence electrons. The number of thioether (sulfide) groups is 1. The minimum absolute atomic E-state index is 0.101. The highest BCUT2D eigenvalue weighted by Crippen LogP contribution is 2.41. The topological polar surface area (TPSA) is 43.4 Å². The van der Waals surface area contributed by atoms with Crippen molar-refractivity contribution in [1.29, 1.82) is 0 Å². The molecule has 1 aromatic carbocycles. The van der Waals surface area contributed by atoms with Crippen LogP contribution in [0.25, 0.3) is 0 Å². The van der Waals surface area contributed by atoms with E-state index in [0.29, 0.717) is 17.7 Å². The van der Waals surface area contributed by atoms with E-state index in [-0.39, 0.29) is 12.2 Å². The number of hydrogen-bond donors (Lipinski definition) is 0. The molecule has 0 N–H and O–H groups in total. The average Bonchev–Trinajstić information content (AvgIpc) is 2.76. The second-order valence-corrected chi connectivity index (χ2v) is 6.80. The first kappa shape index (κ1) is 15.2. The zero-order chi connectivity index (χ0) is 14.8. The van der Waals surface area contributed by atoms with Crippen molar-refractivity contribution in [1.82, 2.24) is 0 Å². The van der Waals surface area contributed by atoms with E-state index >= 15 is 0 Å². The Labute approximate surface area is 118 Å². The molecule has 3 nitrogen and oxygen atoms in total. The van der Waals surface area contributed by atoms with Crippen LogP contribution >= 0.6 is 11.8 Å². The van der Waals surface area contributed by atoms with E-state index in [1.807, 2.05) is 6.07 Å². The van der Waals surface area contributed by atoms with Crippen LogP contribution < -0.4 is 0 Å². The number of alkyl halides is 3. The van der Waals surface area contributed by atoms with Crippen molar-refractivity contribution in [2.45, 2.75) is 29.7 Å². The molecular formula is C12H11F3O3S2. The molecule has 0 atom stereocenters. The Morgan fingerprint density at radius 1 is 1.10 bits per heavy atom. The van der Waals surface area contributed by atoms with E-state index in [0.717, 1.165) is 4.90 Å². The van der Waals surface area contributed by atoms with E-state index in [1.54, 1.807) is 24.3 Å². The van der Waals surface area contributed by atoms with Crippen molar-refractivity contribution < 1.29 is 25.8 Å². The van der Waals surface area contributed by atoms with Crippen LogP contribution in [-0.2, 0) is 14.3 Å². The first-order valence-electron chi connectivity index (χ1n) is 5.75. The van der Waals surface area contributed by atoms with Crippen molar-refractivity contribution in [2.75, 3.05) is 0 Å². The van der Waals surface area contributed by atoms with E-state index in [2.05, 4.69) is 4.18 Å². The lowest BCUT2D eigenvalue weighted by Gasteiger charge is -2.11. The Hall–Kier alpha value is -1.15. The summed E-state index contributed by atoms with van der Waals surface area (Å²) in [6, 6.07) is 9.01. The van der Waals surface area contributed by atoms with Crippen molar-refractivity contribution in [3.05, 3.63) is 41.0 Å². The molecule has 2 rings (SSSR count). The maximum Gasteiger partial charge on any atom is 0.534 e. The van der Waals surface area contributed by atoms with Gasteiger partial charge in [0, 0.05) is 16.2 Å². The van der Waals surface area contributed by atoms with E-state index in [4.69, 9.17) is 0 Å². The van der Waals surface area contributed by atoms with Crippen molar-refractivity contribution in [3.63, 3.8) is 0 Å². The first-order valence-corrected chi connectivity index (χ1v) is 7.98. The number of hydrogen-bond acceptors (Lipinski definition) is 4. The number of halogens is 3. The summed E-state index contributed by atoms with van der Waals surface area (Å²) >= 11 is 1.23. The van der Waals surface area contributed by atoms with Crippen LogP contribution in [0.4, 0.5) is 13.2 Å². The molecule has 0 aliphatic heterocycles. The van der Waals surface area contributed by atoms with Crippen LogP contribution in [0.5, 0.6) is 0 Å². The van der Waals surface area contributed by atoms with Crippen molar-refractivity contribution in [3.8, 4) is 0 Å². The predicted octanol–water partition coefficient (Wildman–Crippen LogP) is 4.04. The van der Waals surface area contributed by atoms with Crippen molar-refractivity contribution >= 4 is 21.9 Å². The third kappa shape index (κ3) is 3.49. The van der Waals surface area contributed by atoms with Gasteiger partial charge in [-0.1, -0.05) is 30.0 Å². The Morgan fingerprint density at radius 3 is 2.35 bits per heavy atom. The highest BCUT2D eigenvalue weighted by molar-refractivity contribution is 8.03. The standard InChI is InChI=1S/C12H11F3O3S2/c13-12(14,15)20(16,17)18-10-7-4-8-11(10)19-9-5-2-1-3-6-9/h1-3,5-6H,4,7-8H2. The smallest absolute Gasteiger partial charge is 0.380 e. The lowest BCUT2D eigenvalue weighted by Crippen LogP contribution is -2.25. The van der Waals surface area contributed by atoms with Gasteiger partial charge in [0.2, 0.25) is 0 Å². The molecular weight excluding hydrogens is 313 g/mol. The summed E-state index contributed by atoms with van der Waals surface area (Å²) in [5.74, 6) is -0.101. The highest BCUT2D eigenvalue weighted by Gasteiger charge is 2.49. The second kappa shape index (κ2) is 5.69. The lowest BCUT2D eigenvalue weighted by molar-refractivity contribution is -0.0523. The van der Waals surface area contributed by atoms with Crippen LogP contribution in [0.15, 0.2) is 45.9 Å². The van der Waals surface area contributed by atoms with Gasteiger partial charge in [-0.2, -0.15) is 21.6 Å². The number of allylic oxidation sites excluding steroid dienone is 2. The van der Waals surface area contributed by atoms with Gasteiger partial charge in [-0.15, -0.1) is 0 Å². The van der Waals surface area contributed by atoms with Crippen LogP contribution in [0.2, 0.25) is 0 Å². The molecule has 8 heteroatoms. The maximum absolute atomic E-state index is 12.3. The van der Waals surface area contributed by atoms with Gasteiger partial charge >= 0.3 is 15.6 Å². The molecule has 0 spiro atoms. The van der Waals surface area contributed by atoms with Gasteiger partial charge in [0.05, 0.1) is 0 Å². The molecule has 1 aliphatic rings. The zero-order valence-electron chi connectivity index (χ0n) is 10.2. The molecule has 0 radical (unpaired) electrons. The van der Waals surface area contributed by atoms with Gasteiger partial charge in [0.1, 0.15) is 5.76 Å². The van der Waals surface area contributed by atoms with Crippen LogP contribution in [0, 0.1) is 0 Å². The Morgan fingerprint density at radius 2 is 1.75 bits per heavy atom. The molecule has 0 heterocycles. The molecule has 0 amide bonds. The Kier molecular flexibility index (Phi) is 4.33. The monoisotopic (exact) mass is 324 g/mol. The molecule has 0 fully saturated rings. The minimum Gasteiger partial charge on any atom is -0.380 e. The molecule has 0 saturated carbocycles. The SMILES string of the molecule is O=S(=O)(OC1=C(Sc2ccccc2)CCC1)C(F)(F)F. The fourth-order valence-corrected chi connectivity index (χ4v) is 3.37. The summed E-state index contributed by atoms with van der Waals surface area (Å²) in [5.41, 5.74) is -5.40. The first-order chi connectivity index (χ1) is 9.29. The fraction of sp³-hybridized carbons (Fsp3) is 0.333. The second-order valence-electron chi connectivity index (χ2n) is 4.10. The van der Waals surface area contributed by atoms with Gasteiger partial charge in [-0.05, 0) is 25.0 Å². The lowest BCUT2D eigenvalue weighted by atomic mass is 10.4. The minimum atomic E-state index is -5.58. The predicted molar refractivity (Wildman–Crippen MR) is 69.2 cm³/mol. The third-order valence-corrected chi connectivity index (χ3v) is 4.77. The quantitative estimate of drug-likeness (QED) is 0.619. The van der Waals surface area contributed by atoms with E-state index < -0.39 is 15.6 Å². The molecule has 0 saturated heterocycles. The highest BCUT2D eigenvalue weighted by atomic mass is 32.2. The molecule has 0 aromatic heterocycles. The average molecular weight is 324 g/mol. The Bertz CT molecular complexity index is 607. The molecule has 0 unspecified atom stereocenters. The summed E-state index contributed by atoms with van der Waals surface area (Å²) in [4.78, 5) is 1.36. The number of rotatable bonds is 4. The Balaban J connectivity index is 2.19. The summed E-state index contributed by atoms with van der Waals surface area (Å²) in [6.45, 7) is 0. The van der Waals surface area contributed by atoms with Crippen LogP contribution in [0.3, 0.4) is 0 Å². The number of benzene rings is 1. The molecule has 20 heavy (non-hydrogen) atoms. The van der Waals surface area contributed by atoms with Crippen LogP contribution in [0.1, 0.15) is 19.3 Å². The summed E-state index contributed by atoms with van der Waals surface area (Å²) < 4.78 is 63.2. The van der Waals surface area contributed by atoms with Crippen molar-refractivity contribution in [2.24, 2.45) is 0 Å². The summed E-state index contributed by atoms with van der Waals surface area (Å²) in [5, 5.41) is 0. The van der Waals surface area contributed by atoms with Gasteiger partial charge < -0.3 is 4.18 Å². The van der Waals surface area contributed by atoms with E-state index in [1.165, 1.54) is 11.8 Å². The summed E-state index contributed by atoms with van der Waals surface area (Å²) in [6.07, 6.45) is 1.30. The van der Waals surface area contributed by atoms with Gasteiger partial charge in [0.15, 0.2) is 0 Å². The van der Waals surface area contributed by atoms with Gasteiger partial charge in [0.25, 0.3) is 0 Å². The fourth-order valence-electron chi connectivity index (χ4n) is 1.69. The molecule has 1 aromatic rings. The van der Waals surface area contributed by atoms with Gasteiger partial charge in [-0.3, -0.25) is 0 Å². The molecule has 1 aliphatic carbocycles. The molecule has 0 bridgehead atoms. The van der Waals surface area contributed by atoms with Crippen LogP contribution in [-0.4, -0.2) is 13.9 Å².